The van der Waals surface area contributed by atoms with Crippen LogP contribution in [-0.2, 0) is 6.54 Å². The average Bonchev–Trinajstić information content (AvgIpc) is 3.39. The Hall–Kier alpha value is -2.05. The Bertz CT molecular complexity index is 678. The number of benzene rings is 1. The van der Waals surface area contributed by atoms with Crippen LogP contribution in [0.15, 0.2) is 46.8 Å². The van der Waals surface area contributed by atoms with Crippen LogP contribution in [0.4, 0.5) is 0 Å². The van der Waals surface area contributed by atoms with Gasteiger partial charge in [-0.25, -0.2) is 0 Å². The number of hydrogen-bond donors (Lipinski definition) is 2. The van der Waals surface area contributed by atoms with E-state index in [2.05, 4.69) is 50.2 Å². The molecule has 3 rings (SSSR count). The lowest BCUT2D eigenvalue weighted by atomic mass is 10.2. The number of guanidine groups is 1. The van der Waals surface area contributed by atoms with Crippen LogP contribution in [-0.4, -0.2) is 44.7 Å². The molecule has 1 aliphatic heterocycles. The molecular weight excluding hydrogens is 344 g/mol. The van der Waals surface area contributed by atoms with E-state index in [9.17, 15) is 0 Å². The van der Waals surface area contributed by atoms with Gasteiger partial charge in [-0.1, -0.05) is 18.2 Å². The second kappa shape index (κ2) is 9.59. The molecule has 1 fully saturated rings. The average molecular weight is 373 g/mol. The van der Waals surface area contributed by atoms with Gasteiger partial charge in [0.2, 0.25) is 0 Å². The van der Waals surface area contributed by atoms with Gasteiger partial charge >= 0.3 is 0 Å². The van der Waals surface area contributed by atoms with Crippen LogP contribution >= 0.6 is 11.3 Å². The molecule has 1 unspecified atom stereocenters. The maximum Gasteiger partial charge on any atom is 0.191 e. The van der Waals surface area contributed by atoms with Crippen molar-refractivity contribution < 1.29 is 4.74 Å². The van der Waals surface area contributed by atoms with Gasteiger partial charge in [0.1, 0.15) is 5.75 Å². The van der Waals surface area contributed by atoms with Crippen molar-refractivity contribution in [2.45, 2.75) is 25.4 Å². The molecule has 6 heteroatoms. The molecule has 0 amide bonds. The minimum absolute atomic E-state index is 0.414. The molecule has 1 atom stereocenters. The quantitative estimate of drug-likeness (QED) is 0.579. The zero-order valence-corrected chi connectivity index (χ0v) is 16.4. The number of rotatable bonds is 7. The SMILES string of the molecule is CN=C(NCc1ccc(OC)cc1)NCC(c1cccs1)N1CCCC1. The van der Waals surface area contributed by atoms with E-state index >= 15 is 0 Å². The van der Waals surface area contributed by atoms with E-state index in [1.54, 1.807) is 7.11 Å². The van der Waals surface area contributed by atoms with E-state index in [0.29, 0.717) is 6.04 Å². The van der Waals surface area contributed by atoms with E-state index in [4.69, 9.17) is 4.74 Å². The fraction of sp³-hybridized carbons (Fsp3) is 0.450. The summed E-state index contributed by atoms with van der Waals surface area (Å²) >= 11 is 1.84. The summed E-state index contributed by atoms with van der Waals surface area (Å²) in [4.78, 5) is 8.37. The second-order valence-electron chi connectivity index (χ2n) is 6.43. The van der Waals surface area contributed by atoms with Crippen LogP contribution in [0.2, 0.25) is 0 Å². The molecular formula is C20H28N4OS. The minimum Gasteiger partial charge on any atom is -0.497 e. The first-order chi connectivity index (χ1) is 12.8. The Kier molecular flexibility index (Phi) is 6.91. The molecule has 2 aromatic rings. The summed E-state index contributed by atoms with van der Waals surface area (Å²) < 4.78 is 5.20. The number of ether oxygens (including phenoxy) is 1. The predicted octanol–water partition coefficient (Wildman–Crippen LogP) is 3.26. The van der Waals surface area contributed by atoms with Crippen LogP contribution in [0.5, 0.6) is 5.75 Å². The molecule has 2 N–H and O–H groups in total. The summed E-state index contributed by atoms with van der Waals surface area (Å²) in [5.41, 5.74) is 1.20. The first-order valence-electron chi connectivity index (χ1n) is 9.15. The maximum atomic E-state index is 5.20. The van der Waals surface area contributed by atoms with E-state index in [1.807, 2.05) is 30.5 Å². The lowest BCUT2D eigenvalue weighted by Gasteiger charge is -2.27. The summed E-state index contributed by atoms with van der Waals surface area (Å²) in [5, 5.41) is 9.07. The van der Waals surface area contributed by atoms with E-state index in [0.717, 1.165) is 24.8 Å². The number of nitrogens with one attached hydrogen (secondary N) is 2. The number of hydrogen-bond acceptors (Lipinski definition) is 4. The minimum atomic E-state index is 0.414. The highest BCUT2D eigenvalue weighted by molar-refractivity contribution is 7.10. The Labute approximate surface area is 160 Å². The lowest BCUT2D eigenvalue weighted by molar-refractivity contribution is 0.249. The first-order valence-corrected chi connectivity index (χ1v) is 10.0. The fourth-order valence-corrected chi connectivity index (χ4v) is 4.15. The molecule has 0 saturated carbocycles. The van der Waals surface area contributed by atoms with Crippen LogP contribution in [0.3, 0.4) is 0 Å². The van der Waals surface area contributed by atoms with E-state index < -0.39 is 0 Å². The highest BCUT2D eigenvalue weighted by atomic mass is 32.1. The van der Waals surface area contributed by atoms with Crippen molar-refractivity contribution in [3.8, 4) is 5.75 Å². The molecule has 0 aliphatic carbocycles. The number of thiophene rings is 1. The highest BCUT2D eigenvalue weighted by Gasteiger charge is 2.24. The zero-order valence-electron chi connectivity index (χ0n) is 15.6. The second-order valence-corrected chi connectivity index (χ2v) is 7.41. The van der Waals surface area contributed by atoms with Gasteiger partial charge in [0.25, 0.3) is 0 Å². The summed E-state index contributed by atoms with van der Waals surface area (Å²) in [7, 11) is 3.50. The normalized spacial score (nSPS) is 16.5. The third-order valence-corrected chi connectivity index (χ3v) is 5.73. The molecule has 5 nitrogen and oxygen atoms in total. The van der Waals surface area contributed by atoms with Gasteiger partial charge in [0.05, 0.1) is 13.2 Å². The Morgan fingerprint density at radius 1 is 1.19 bits per heavy atom. The van der Waals surface area contributed by atoms with Crippen molar-refractivity contribution in [3.63, 3.8) is 0 Å². The van der Waals surface area contributed by atoms with E-state index in [1.165, 1.54) is 36.4 Å². The molecule has 1 saturated heterocycles. The molecule has 26 heavy (non-hydrogen) atoms. The van der Waals surface area contributed by atoms with Gasteiger partial charge in [0, 0.05) is 25.0 Å². The van der Waals surface area contributed by atoms with Gasteiger partial charge in [-0.15, -0.1) is 11.3 Å². The highest BCUT2D eigenvalue weighted by Crippen LogP contribution is 2.27. The van der Waals surface area contributed by atoms with Gasteiger partial charge in [-0.2, -0.15) is 0 Å². The molecule has 0 bridgehead atoms. The lowest BCUT2D eigenvalue weighted by Crippen LogP contribution is -2.42. The van der Waals surface area contributed by atoms with Crippen LogP contribution in [0.1, 0.15) is 29.3 Å². The fourth-order valence-electron chi connectivity index (χ4n) is 3.29. The summed E-state index contributed by atoms with van der Waals surface area (Å²) in [6.45, 7) is 3.96. The summed E-state index contributed by atoms with van der Waals surface area (Å²) in [5.74, 6) is 1.71. The molecule has 140 valence electrons. The number of likely N-dealkylation sites (tertiary alicyclic amines) is 1. The molecule has 2 heterocycles. The standard InChI is InChI=1S/C20H28N4OS/c1-21-20(22-14-16-7-9-17(25-2)10-8-16)23-15-18(19-6-5-13-26-19)24-11-3-4-12-24/h5-10,13,18H,3-4,11-12,14-15H2,1-2H3,(H2,21,22,23). The van der Waals surface area contributed by atoms with Crippen molar-refractivity contribution in [1.29, 1.82) is 0 Å². The number of aliphatic imine (C=N–C) groups is 1. The largest absolute Gasteiger partial charge is 0.497 e. The van der Waals surface area contributed by atoms with Crippen LogP contribution < -0.4 is 15.4 Å². The molecule has 1 aliphatic rings. The van der Waals surface area contributed by atoms with Crippen molar-refractivity contribution in [1.82, 2.24) is 15.5 Å². The van der Waals surface area contributed by atoms with Gasteiger partial charge in [-0.3, -0.25) is 9.89 Å². The maximum absolute atomic E-state index is 5.20. The monoisotopic (exact) mass is 372 g/mol. The van der Waals surface area contributed by atoms with Crippen molar-refractivity contribution >= 4 is 17.3 Å². The van der Waals surface area contributed by atoms with Crippen LogP contribution in [0, 0.1) is 0 Å². The van der Waals surface area contributed by atoms with Crippen molar-refractivity contribution in [2.75, 3.05) is 33.8 Å². The topological polar surface area (TPSA) is 48.9 Å². The molecule has 1 aromatic heterocycles. The third-order valence-electron chi connectivity index (χ3n) is 4.76. The van der Waals surface area contributed by atoms with E-state index in [-0.39, 0.29) is 0 Å². The number of methoxy groups -OCH3 is 1. The summed E-state index contributed by atoms with van der Waals surface area (Å²) in [6, 6.07) is 12.9. The molecule has 0 spiro atoms. The Morgan fingerprint density at radius 2 is 1.96 bits per heavy atom. The Morgan fingerprint density at radius 3 is 2.58 bits per heavy atom. The smallest absolute Gasteiger partial charge is 0.191 e. The zero-order chi connectivity index (χ0) is 18.2. The number of nitrogens with zero attached hydrogens (tertiary/aromatic N) is 2. The molecule has 0 radical (unpaired) electrons. The predicted molar refractivity (Wildman–Crippen MR) is 109 cm³/mol. The summed E-state index contributed by atoms with van der Waals surface area (Å²) in [6.07, 6.45) is 2.60. The van der Waals surface area contributed by atoms with Gasteiger partial charge in [0.15, 0.2) is 5.96 Å². The van der Waals surface area contributed by atoms with Crippen LogP contribution in [0.25, 0.3) is 0 Å². The van der Waals surface area contributed by atoms with Crippen molar-refractivity contribution in [2.24, 2.45) is 4.99 Å². The van der Waals surface area contributed by atoms with Gasteiger partial charge < -0.3 is 15.4 Å². The third kappa shape index (κ3) is 4.99. The van der Waals surface area contributed by atoms with Gasteiger partial charge in [-0.05, 0) is 55.1 Å². The molecule has 1 aromatic carbocycles. The first kappa shape index (κ1) is 18.7. The Balaban J connectivity index is 1.54. The van der Waals surface area contributed by atoms with Crippen molar-refractivity contribution in [3.05, 3.63) is 52.2 Å².